The number of nitrogens with one attached hydrogen (secondary N) is 1. The Bertz CT molecular complexity index is 716. The van der Waals surface area contributed by atoms with Crippen LogP contribution in [0.3, 0.4) is 0 Å². The number of nitrogens with zero attached hydrogens (tertiary/aromatic N) is 1. The van der Waals surface area contributed by atoms with Gasteiger partial charge in [-0.15, -0.1) is 0 Å². The maximum atomic E-state index is 12.3. The summed E-state index contributed by atoms with van der Waals surface area (Å²) >= 11 is 0. The minimum absolute atomic E-state index is 0.00982. The highest BCUT2D eigenvalue weighted by atomic mass is 16.5. The molecule has 6 nitrogen and oxygen atoms in total. The molecule has 1 saturated heterocycles. The summed E-state index contributed by atoms with van der Waals surface area (Å²) < 4.78 is 5.79. The molecule has 0 bridgehead atoms. The Morgan fingerprint density at radius 3 is 2.62 bits per heavy atom. The lowest BCUT2D eigenvalue weighted by Crippen LogP contribution is -2.39. The summed E-state index contributed by atoms with van der Waals surface area (Å²) in [6.07, 6.45) is 2.71. The minimum Gasteiger partial charge on any atom is -0.477 e. The van der Waals surface area contributed by atoms with Crippen molar-refractivity contribution in [3.05, 3.63) is 65.5 Å². The Morgan fingerprint density at radius 1 is 1.17 bits per heavy atom. The van der Waals surface area contributed by atoms with Gasteiger partial charge >= 0.3 is 5.97 Å². The number of ether oxygens (including phenoxy) is 1. The predicted octanol–water partition coefficient (Wildman–Crippen LogP) is 2.43. The van der Waals surface area contributed by atoms with Gasteiger partial charge < -0.3 is 15.2 Å². The van der Waals surface area contributed by atoms with Crippen molar-refractivity contribution in [1.82, 2.24) is 10.3 Å². The summed E-state index contributed by atoms with van der Waals surface area (Å²) in [7, 11) is 0. The monoisotopic (exact) mass is 326 g/mol. The second kappa shape index (κ2) is 7.23. The number of carboxylic acid groups (broad SMARTS) is 1. The van der Waals surface area contributed by atoms with E-state index in [1.807, 2.05) is 30.3 Å². The summed E-state index contributed by atoms with van der Waals surface area (Å²) in [5.74, 6) is -1.37. The fourth-order valence-corrected chi connectivity index (χ4v) is 2.75. The smallest absolute Gasteiger partial charge is 0.354 e. The zero-order chi connectivity index (χ0) is 16.9. The van der Waals surface area contributed by atoms with Crippen LogP contribution in [-0.2, 0) is 4.74 Å². The van der Waals surface area contributed by atoms with Gasteiger partial charge in [-0.1, -0.05) is 30.3 Å². The van der Waals surface area contributed by atoms with Gasteiger partial charge in [-0.2, -0.15) is 0 Å². The Balaban J connectivity index is 1.62. The zero-order valence-corrected chi connectivity index (χ0v) is 13.0. The van der Waals surface area contributed by atoms with Crippen LogP contribution in [0.4, 0.5) is 0 Å². The highest BCUT2D eigenvalue weighted by Gasteiger charge is 2.25. The molecule has 0 saturated carbocycles. The molecule has 2 atom stereocenters. The van der Waals surface area contributed by atoms with Gasteiger partial charge in [-0.05, 0) is 30.5 Å². The average Bonchev–Trinajstić information content (AvgIpc) is 2.63. The number of aromatic nitrogens is 1. The molecule has 1 aromatic carbocycles. The maximum Gasteiger partial charge on any atom is 0.354 e. The molecule has 0 aliphatic carbocycles. The first-order valence-corrected chi connectivity index (χ1v) is 7.80. The number of carbonyl (C=O) groups excluding carboxylic acids is 1. The number of carboxylic acids is 1. The van der Waals surface area contributed by atoms with Gasteiger partial charge in [0.2, 0.25) is 0 Å². The number of amides is 1. The third-order valence-electron chi connectivity index (χ3n) is 4.04. The Morgan fingerprint density at radius 2 is 1.96 bits per heavy atom. The number of benzene rings is 1. The largest absolute Gasteiger partial charge is 0.477 e. The van der Waals surface area contributed by atoms with E-state index in [1.165, 1.54) is 18.3 Å². The van der Waals surface area contributed by atoms with Crippen LogP contribution < -0.4 is 5.32 Å². The van der Waals surface area contributed by atoms with Gasteiger partial charge in [0.05, 0.1) is 11.7 Å². The van der Waals surface area contributed by atoms with Crippen LogP contribution in [0.2, 0.25) is 0 Å². The molecular formula is C18H18N2O4. The van der Waals surface area contributed by atoms with Crippen LogP contribution in [0.25, 0.3) is 0 Å². The van der Waals surface area contributed by atoms with E-state index < -0.39 is 5.97 Å². The maximum absolute atomic E-state index is 12.3. The molecule has 2 heterocycles. The Labute approximate surface area is 139 Å². The van der Waals surface area contributed by atoms with Gasteiger partial charge in [-0.25, -0.2) is 9.78 Å². The van der Waals surface area contributed by atoms with Gasteiger partial charge in [0.1, 0.15) is 5.69 Å². The first kappa shape index (κ1) is 16.1. The molecule has 1 amide bonds. The fraction of sp³-hybridized carbons (Fsp3) is 0.278. The topological polar surface area (TPSA) is 88.5 Å². The predicted molar refractivity (Wildman–Crippen MR) is 86.8 cm³/mol. The van der Waals surface area contributed by atoms with Crippen LogP contribution in [0, 0.1) is 0 Å². The van der Waals surface area contributed by atoms with E-state index in [2.05, 4.69) is 10.3 Å². The summed E-state index contributed by atoms with van der Waals surface area (Å²) in [5, 5.41) is 11.8. The normalized spacial score (nSPS) is 20.3. The van der Waals surface area contributed by atoms with Gasteiger partial charge in [0.25, 0.3) is 5.91 Å². The van der Waals surface area contributed by atoms with E-state index in [0.717, 1.165) is 12.0 Å². The Kier molecular flexibility index (Phi) is 4.86. The fourth-order valence-electron chi connectivity index (χ4n) is 2.75. The van der Waals surface area contributed by atoms with E-state index in [1.54, 1.807) is 0 Å². The van der Waals surface area contributed by atoms with Crippen molar-refractivity contribution in [3.63, 3.8) is 0 Å². The first-order chi connectivity index (χ1) is 11.6. The standard InChI is InChI=1S/C18H18N2O4/c21-17(13-6-7-15(18(22)23)19-11-13)20-14-8-9-24-16(10-14)12-4-2-1-3-5-12/h1-7,11,14,16H,8-10H2,(H,20,21)(H,22,23). The first-order valence-electron chi connectivity index (χ1n) is 7.80. The number of hydrogen-bond acceptors (Lipinski definition) is 4. The van der Waals surface area contributed by atoms with E-state index in [9.17, 15) is 9.59 Å². The molecule has 124 valence electrons. The van der Waals surface area contributed by atoms with E-state index in [0.29, 0.717) is 18.6 Å². The van der Waals surface area contributed by atoms with E-state index in [-0.39, 0.29) is 23.7 Å². The van der Waals surface area contributed by atoms with Crippen molar-refractivity contribution in [2.45, 2.75) is 25.0 Å². The van der Waals surface area contributed by atoms with Crippen molar-refractivity contribution < 1.29 is 19.4 Å². The third-order valence-corrected chi connectivity index (χ3v) is 4.04. The lowest BCUT2D eigenvalue weighted by molar-refractivity contribution is 0.000896. The molecule has 2 N–H and O–H groups in total. The molecule has 1 aliphatic rings. The van der Waals surface area contributed by atoms with Crippen LogP contribution in [-0.4, -0.2) is 34.6 Å². The molecule has 1 aliphatic heterocycles. The third kappa shape index (κ3) is 3.78. The van der Waals surface area contributed by atoms with Crippen molar-refractivity contribution >= 4 is 11.9 Å². The van der Waals surface area contributed by atoms with Crippen LogP contribution in [0.1, 0.15) is 45.4 Å². The molecule has 0 spiro atoms. The lowest BCUT2D eigenvalue weighted by Gasteiger charge is -2.30. The SMILES string of the molecule is O=C(NC1CCOC(c2ccccc2)C1)c1ccc(C(=O)O)nc1. The van der Waals surface area contributed by atoms with Crippen molar-refractivity contribution in [1.29, 1.82) is 0 Å². The minimum atomic E-state index is -1.11. The number of rotatable bonds is 4. The zero-order valence-electron chi connectivity index (χ0n) is 13.0. The molecule has 1 fully saturated rings. The second-order valence-electron chi connectivity index (χ2n) is 5.70. The number of carbonyl (C=O) groups is 2. The number of aromatic carboxylic acids is 1. The highest BCUT2D eigenvalue weighted by Crippen LogP contribution is 2.28. The Hall–Kier alpha value is -2.73. The van der Waals surface area contributed by atoms with Gasteiger partial charge in [0, 0.05) is 18.8 Å². The molecule has 24 heavy (non-hydrogen) atoms. The van der Waals surface area contributed by atoms with Crippen LogP contribution >= 0.6 is 0 Å². The second-order valence-corrected chi connectivity index (χ2v) is 5.70. The summed E-state index contributed by atoms with van der Waals surface area (Å²) in [4.78, 5) is 26.9. The van der Waals surface area contributed by atoms with E-state index in [4.69, 9.17) is 9.84 Å². The molecule has 6 heteroatoms. The van der Waals surface area contributed by atoms with Crippen molar-refractivity contribution in [3.8, 4) is 0 Å². The summed E-state index contributed by atoms with van der Waals surface area (Å²) in [6, 6.07) is 12.7. The number of pyridine rings is 1. The molecule has 2 aromatic rings. The summed E-state index contributed by atoms with van der Waals surface area (Å²) in [6.45, 7) is 0.584. The summed E-state index contributed by atoms with van der Waals surface area (Å²) in [5.41, 5.74) is 1.37. The molecular weight excluding hydrogens is 308 g/mol. The quantitative estimate of drug-likeness (QED) is 0.901. The van der Waals surface area contributed by atoms with Crippen molar-refractivity contribution in [2.75, 3.05) is 6.61 Å². The van der Waals surface area contributed by atoms with Crippen molar-refractivity contribution in [2.24, 2.45) is 0 Å². The van der Waals surface area contributed by atoms with Crippen LogP contribution in [0.5, 0.6) is 0 Å². The van der Waals surface area contributed by atoms with Gasteiger partial charge in [0.15, 0.2) is 0 Å². The molecule has 1 aromatic heterocycles. The molecule has 3 rings (SSSR count). The average molecular weight is 326 g/mol. The van der Waals surface area contributed by atoms with E-state index >= 15 is 0 Å². The lowest BCUT2D eigenvalue weighted by atomic mass is 9.97. The highest BCUT2D eigenvalue weighted by molar-refractivity contribution is 5.95. The number of hydrogen-bond donors (Lipinski definition) is 2. The van der Waals surface area contributed by atoms with Crippen LogP contribution in [0.15, 0.2) is 48.7 Å². The molecule has 0 radical (unpaired) electrons. The molecule has 2 unspecified atom stereocenters. The van der Waals surface area contributed by atoms with Gasteiger partial charge in [-0.3, -0.25) is 4.79 Å².